The minimum absolute atomic E-state index is 0.0192. The SMILES string of the molecule is CCC(C)n1c(CC(=O)O)cc(=O)c2ccc(F)cc21. The summed E-state index contributed by atoms with van der Waals surface area (Å²) in [7, 11) is 0. The Morgan fingerprint density at radius 1 is 1.40 bits per heavy atom. The van der Waals surface area contributed by atoms with Crippen LogP contribution in [0.4, 0.5) is 4.39 Å². The van der Waals surface area contributed by atoms with Crippen LogP contribution in [0.3, 0.4) is 0 Å². The number of halogens is 1. The fourth-order valence-corrected chi connectivity index (χ4v) is 2.36. The van der Waals surface area contributed by atoms with Gasteiger partial charge < -0.3 is 9.67 Å². The molecule has 106 valence electrons. The Bertz CT molecular complexity index is 721. The van der Waals surface area contributed by atoms with E-state index in [4.69, 9.17) is 5.11 Å². The van der Waals surface area contributed by atoms with Crippen LogP contribution in [0.2, 0.25) is 0 Å². The van der Waals surface area contributed by atoms with Crippen LogP contribution >= 0.6 is 0 Å². The second kappa shape index (κ2) is 5.45. The summed E-state index contributed by atoms with van der Waals surface area (Å²) in [5.74, 6) is -1.46. The van der Waals surface area contributed by atoms with Gasteiger partial charge in [0.25, 0.3) is 0 Å². The van der Waals surface area contributed by atoms with Crippen LogP contribution in [0, 0.1) is 5.82 Å². The van der Waals surface area contributed by atoms with Crippen LogP contribution in [0.25, 0.3) is 10.9 Å². The van der Waals surface area contributed by atoms with Gasteiger partial charge in [0, 0.05) is 23.2 Å². The fraction of sp³-hybridized carbons (Fsp3) is 0.333. The molecule has 0 saturated heterocycles. The number of nitrogens with zero attached hydrogens (tertiary/aromatic N) is 1. The summed E-state index contributed by atoms with van der Waals surface area (Å²) in [6.07, 6.45) is 0.493. The Kier molecular flexibility index (Phi) is 3.88. The molecule has 2 aromatic rings. The van der Waals surface area contributed by atoms with Gasteiger partial charge in [-0.3, -0.25) is 9.59 Å². The van der Waals surface area contributed by atoms with E-state index in [1.807, 2.05) is 13.8 Å². The number of aromatic nitrogens is 1. The average molecular weight is 277 g/mol. The smallest absolute Gasteiger partial charge is 0.309 e. The average Bonchev–Trinajstić information content (AvgIpc) is 2.37. The third-order valence-electron chi connectivity index (χ3n) is 3.46. The van der Waals surface area contributed by atoms with Crippen molar-refractivity contribution in [3.63, 3.8) is 0 Å². The van der Waals surface area contributed by atoms with Crippen molar-refractivity contribution in [1.82, 2.24) is 4.57 Å². The predicted octanol–water partition coefficient (Wildman–Crippen LogP) is 2.74. The molecule has 0 aliphatic carbocycles. The van der Waals surface area contributed by atoms with E-state index in [0.29, 0.717) is 16.6 Å². The molecule has 0 bridgehead atoms. The van der Waals surface area contributed by atoms with E-state index in [-0.39, 0.29) is 17.9 Å². The Labute approximate surface area is 115 Å². The van der Waals surface area contributed by atoms with Gasteiger partial charge in [0.2, 0.25) is 0 Å². The lowest BCUT2D eigenvalue weighted by atomic mass is 10.1. The van der Waals surface area contributed by atoms with E-state index < -0.39 is 11.8 Å². The summed E-state index contributed by atoms with van der Waals surface area (Å²) in [5, 5.41) is 9.38. The highest BCUT2D eigenvalue weighted by Crippen LogP contribution is 2.22. The van der Waals surface area contributed by atoms with Crippen molar-refractivity contribution in [2.75, 3.05) is 0 Å². The largest absolute Gasteiger partial charge is 0.481 e. The lowest BCUT2D eigenvalue weighted by Crippen LogP contribution is -2.19. The van der Waals surface area contributed by atoms with Crippen LogP contribution in [-0.2, 0) is 11.2 Å². The molecule has 1 N–H and O–H groups in total. The first-order valence-electron chi connectivity index (χ1n) is 6.49. The lowest BCUT2D eigenvalue weighted by Gasteiger charge is -2.21. The van der Waals surface area contributed by atoms with Gasteiger partial charge in [-0.1, -0.05) is 6.92 Å². The minimum Gasteiger partial charge on any atom is -0.481 e. The molecule has 4 nitrogen and oxygen atoms in total. The van der Waals surface area contributed by atoms with Gasteiger partial charge in [-0.15, -0.1) is 0 Å². The maximum atomic E-state index is 13.5. The maximum Gasteiger partial charge on any atom is 0.309 e. The van der Waals surface area contributed by atoms with Gasteiger partial charge in [-0.2, -0.15) is 0 Å². The molecule has 0 fully saturated rings. The zero-order chi connectivity index (χ0) is 14.9. The molecule has 0 saturated carbocycles. The molecule has 20 heavy (non-hydrogen) atoms. The van der Waals surface area contributed by atoms with Crippen molar-refractivity contribution in [2.24, 2.45) is 0 Å². The number of pyridine rings is 1. The number of fused-ring (bicyclic) bond motifs is 1. The Morgan fingerprint density at radius 2 is 2.10 bits per heavy atom. The first-order valence-corrected chi connectivity index (χ1v) is 6.49. The van der Waals surface area contributed by atoms with Gasteiger partial charge in [0.05, 0.1) is 11.9 Å². The second-order valence-corrected chi connectivity index (χ2v) is 4.86. The Balaban J connectivity index is 2.84. The van der Waals surface area contributed by atoms with E-state index in [1.165, 1.54) is 24.3 Å². The van der Waals surface area contributed by atoms with Crippen molar-refractivity contribution >= 4 is 16.9 Å². The zero-order valence-corrected chi connectivity index (χ0v) is 11.4. The van der Waals surface area contributed by atoms with E-state index in [2.05, 4.69) is 0 Å². The minimum atomic E-state index is -1.02. The second-order valence-electron chi connectivity index (χ2n) is 4.86. The van der Waals surface area contributed by atoms with Gasteiger partial charge >= 0.3 is 5.97 Å². The van der Waals surface area contributed by atoms with E-state index in [0.717, 1.165) is 6.42 Å². The quantitative estimate of drug-likeness (QED) is 0.934. The van der Waals surface area contributed by atoms with Crippen LogP contribution in [-0.4, -0.2) is 15.6 Å². The van der Waals surface area contributed by atoms with Gasteiger partial charge in [-0.25, -0.2) is 4.39 Å². The lowest BCUT2D eigenvalue weighted by molar-refractivity contribution is -0.136. The Morgan fingerprint density at radius 3 is 2.70 bits per heavy atom. The highest BCUT2D eigenvalue weighted by atomic mass is 19.1. The van der Waals surface area contributed by atoms with Gasteiger partial charge in [-0.05, 0) is 31.5 Å². The van der Waals surface area contributed by atoms with Crippen molar-refractivity contribution in [3.05, 3.63) is 46.0 Å². The monoisotopic (exact) mass is 277 g/mol. The normalized spacial score (nSPS) is 12.6. The molecule has 0 amide bonds. The number of hydrogen-bond donors (Lipinski definition) is 1. The summed E-state index contributed by atoms with van der Waals surface area (Å²) in [6, 6.07) is 5.28. The predicted molar refractivity (Wildman–Crippen MR) is 74.5 cm³/mol. The molecule has 1 aromatic carbocycles. The Hall–Kier alpha value is -2.17. The molecule has 1 aromatic heterocycles. The fourth-order valence-electron chi connectivity index (χ4n) is 2.36. The molecular weight excluding hydrogens is 261 g/mol. The van der Waals surface area contributed by atoms with Crippen LogP contribution < -0.4 is 5.43 Å². The molecular formula is C15H16FNO3. The highest BCUT2D eigenvalue weighted by Gasteiger charge is 2.15. The molecule has 0 aliphatic rings. The van der Waals surface area contributed by atoms with Crippen molar-refractivity contribution in [1.29, 1.82) is 0 Å². The van der Waals surface area contributed by atoms with Crippen molar-refractivity contribution in [2.45, 2.75) is 32.7 Å². The van der Waals surface area contributed by atoms with E-state index in [1.54, 1.807) is 4.57 Å². The highest BCUT2D eigenvalue weighted by molar-refractivity contribution is 5.80. The first-order chi connectivity index (χ1) is 9.43. The van der Waals surface area contributed by atoms with Crippen LogP contribution in [0.15, 0.2) is 29.1 Å². The van der Waals surface area contributed by atoms with E-state index in [9.17, 15) is 14.0 Å². The zero-order valence-electron chi connectivity index (χ0n) is 11.4. The molecule has 1 atom stereocenters. The van der Waals surface area contributed by atoms with Gasteiger partial charge in [0.15, 0.2) is 5.43 Å². The van der Waals surface area contributed by atoms with Crippen molar-refractivity contribution < 1.29 is 14.3 Å². The molecule has 1 heterocycles. The summed E-state index contributed by atoms with van der Waals surface area (Å²) in [4.78, 5) is 23.0. The maximum absolute atomic E-state index is 13.5. The number of rotatable bonds is 4. The van der Waals surface area contributed by atoms with Crippen LogP contribution in [0.1, 0.15) is 32.0 Å². The standard InChI is InChI=1S/C15H16FNO3/c1-3-9(2)17-11(8-15(19)20)7-14(18)12-5-4-10(16)6-13(12)17/h4-7,9H,3,8H2,1-2H3,(H,19,20). The number of benzene rings is 1. The first kappa shape index (κ1) is 14.2. The molecule has 1 unspecified atom stereocenters. The number of carboxylic acid groups (broad SMARTS) is 1. The summed E-state index contributed by atoms with van der Waals surface area (Å²) in [5.41, 5.74) is 0.564. The summed E-state index contributed by atoms with van der Waals surface area (Å²) < 4.78 is 15.2. The molecule has 5 heteroatoms. The number of carboxylic acids is 1. The number of carbonyl (C=O) groups is 1. The van der Waals surface area contributed by atoms with E-state index >= 15 is 0 Å². The third kappa shape index (κ3) is 2.57. The van der Waals surface area contributed by atoms with Crippen LogP contribution in [0.5, 0.6) is 0 Å². The molecule has 0 radical (unpaired) electrons. The summed E-state index contributed by atoms with van der Waals surface area (Å²) >= 11 is 0. The topological polar surface area (TPSA) is 59.3 Å². The number of aliphatic carboxylic acids is 1. The molecule has 0 spiro atoms. The molecule has 2 rings (SSSR count). The summed E-state index contributed by atoms with van der Waals surface area (Å²) in [6.45, 7) is 3.87. The molecule has 0 aliphatic heterocycles. The number of hydrogen-bond acceptors (Lipinski definition) is 2. The van der Waals surface area contributed by atoms with Crippen molar-refractivity contribution in [3.8, 4) is 0 Å². The van der Waals surface area contributed by atoms with Gasteiger partial charge in [0.1, 0.15) is 5.82 Å². The third-order valence-corrected chi connectivity index (χ3v) is 3.46.